The lowest BCUT2D eigenvalue weighted by molar-refractivity contribution is 0.510. The smallest absolute Gasteiger partial charge is 0.0668 e. The maximum Gasteiger partial charge on any atom is 0.0668 e. The molecular formula is C7H13F2NS. The molecule has 0 rings (SSSR count). The Morgan fingerprint density at radius 3 is 2.00 bits per heavy atom. The van der Waals surface area contributed by atoms with Crippen LogP contribution in [0, 0.1) is 23.2 Å². The van der Waals surface area contributed by atoms with Gasteiger partial charge in [-0.2, -0.15) is 13.0 Å². The summed E-state index contributed by atoms with van der Waals surface area (Å²) in [6.45, 7) is 3.58. The van der Waals surface area contributed by atoms with Crippen molar-refractivity contribution in [1.29, 1.82) is 5.26 Å². The highest BCUT2D eigenvalue weighted by Crippen LogP contribution is 2.49. The summed E-state index contributed by atoms with van der Waals surface area (Å²) >= 11 is 0. The van der Waals surface area contributed by atoms with Gasteiger partial charge in [0, 0.05) is 12.0 Å². The van der Waals surface area contributed by atoms with Crippen LogP contribution in [0.4, 0.5) is 7.77 Å². The van der Waals surface area contributed by atoms with Crippen molar-refractivity contribution in [2.24, 2.45) is 11.8 Å². The highest BCUT2D eigenvalue weighted by molar-refractivity contribution is 8.24. The molecule has 0 N–H and O–H groups in total. The van der Waals surface area contributed by atoms with Gasteiger partial charge in [-0.15, -0.1) is 0 Å². The molecule has 0 aliphatic rings. The first-order valence-corrected chi connectivity index (χ1v) is 5.43. The van der Waals surface area contributed by atoms with Crippen LogP contribution in [0.3, 0.4) is 0 Å². The van der Waals surface area contributed by atoms with Crippen molar-refractivity contribution in [3.8, 4) is 6.07 Å². The Hall–Kier alpha value is -0.300. The van der Waals surface area contributed by atoms with Gasteiger partial charge >= 0.3 is 0 Å². The quantitative estimate of drug-likeness (QED) is 0.656. The van der Waals surface area contributed by atoms with Crippen molar-refractivity contribution in [3.05, 3.63) is 0 Å². The van der Waals surface area contributed by atoms with Crippen LogP contribution < -0.4 is 0 Å². The van der Waals surface area contributed by atoms with Gasteiger partial charge in [-0.3, -0.25) is 0 Å². The SMILES string of the molecule is CC(C)C(C#N)CS(C)(F)F. The Balaban J connectivity index is 4.02. The van der Waals surface area contributed by atoms with E-state index in [0.29, 0.717) is 0 Å². The molecule has 0 radical (unpaired) electrons. The molecule has 4 heteroatoms. The molecule has 0 aromatic carbocycles. The van der Waals surface area contributed by atoms with Crippen molar-refractivity contribution in [1.82, 2.24) is 0 Å². The summed E-state index contributed by atoms with van der Waals surface area (Å²) in [7, 11) is -3.50. The lowest BCUT2D eigenvalue weighted by Gasteiger charge is -2.20. The molecule has 0 amide bonds. The average molecular weight is 181 g/mol. The summed E-state index contributed by atoms with van der Waals surface area (Å²) in [4.78, 5) is 0. The molecule has 66 valence electrons. The van der Waals surface area contributed by atoms with Gasteiger partial charge in [0.05, 0.1) is 22.8 Å². The standard InChI is InChI=1S/C7H13F2NS/c1-6(2)7(4-10)5-11(3,8)9/h6-7H,5H2,1-3H3. The Bertz CT molecular complexity index is 157. The van der Waals surface area contributed by atoms with E-state index in [1.165, 1.54) is 0 Å². The van der Waals surface area contributed by atoms with Crippen LogP contribution >= 0.6 is 10.8 Å². The molecule has 0 heterocycles. The highest BCUT2D eigenvalue weighted by atomic mass is 32.3. The van der Waals surface area contributed by atoms with Crippen LogP contribution in [-0.2, 0) is 0 Å². The first kappa shape index (κ1) is 10.7. The molecule has 1 atom stereocenters. The third kappa shape index (κ3) is 5.02. The van der Waals surface area contributed by atoms with E-state index in [1.54, 1.807) is 13.8 Å². The van der Waals surface area contributed by atoms with E-state index >= 15 is 0 Å². The minimum absolute atomic E-state index is 0.0262. The molecule has 1 unspecified atom stereocenters. The number of nitriles is 1. The van der Waals surface area contributed by atoms with Crippen molar-refractivity contribution in [2.75, 3.05) is 12.0 Å². The Morgan fingerprint density at radius 2 is 1.91 bits per heavy atom. The molecule has 0 aromatic heterocycles. The van der Waals surface area contributed by atoms with Gasteiger partial charge in [0.1, 0.15) is 0 Å². The van der Waals surface area contributed by atoms with E-state index < -0.39 is 16.7 Å². The van der Waals surface area contributed by atoms with Crippen LogP contribution in [0.5, 0.6) is 0 Å². The van der Waals surface area contributed by atoms with Gasteiger partial charge in [-0.05, 0) is 5.92 Å². The second-order valence-electron chi connectivity index (χ2n) is 3.02. The molecule has 0 aromatic rings. The lowest BCUT2D eigenvalue weighted by Crippen LogP contribution is -2.12. The number of halogens is 2. The summed E-state index contributed by atoms with van der Waals surface area (Å²) in [6, 6.07) is 1.90. The van der Waals surface area contributed by atoms with Crippen LogP contribution in [-0.4, -0.2) is 12.0 Å². The Morgan fingerprint density at radius 1 is 1.45 bits per heavy atom. The van der Waals surface area contributed by atoms with Gasteiger partial charge in [-0.1, -0.05) is 13.8 Å². The molecule has 0 bridgehead atoms. The first-order valence-electron chi connectivity index (χ1n) is 3.41. The van der Waals surface area contributed by atoms with Crippen molar-refractivity contribution >= 4 is 10.8 Å². The fourth-order valence-corrected chi connectivity index (χ4v) is 1.78. The summed E-state index contributed by atoms with van der Waals surface area (Å²) in [5, 5.41) is 8.49. The number of nitrogens with zero attached hydrogens (tertiary/aromatic N) is 1. The van der Waals surface area contributed by atoms with Crippen LogP contribution in [0.2, 0.25) is 0 Å². The molecule has 0 saturated carbocycles. The van der Waals surface area contributed by atoms with Crippen LogP contribution in [0.1, 0.15) is 13.8 Å². The molecule has 11 heavy (non-hydrogen) atoms. The summed E-state index contributed by atoms with van der Waals surface area (Å²) < 4.78 is 24.9. The highest BCUT2D eigenvalue weighted by Gasteiger charge is 2.23. The van der Waals surface area contributed by atoms with Gasteiger partial charge in [-0.25, -0.2) is 0 Å². The van der Waals surface area contributed by atoms with E-state index in [4.69, 9.17) is 5.26 Å². The second kappa shape index (κ2) is 3.91. The van der Waals surface area contributed by atoms with E-state index in [9.17, 15) is 7.77 Å². The first-order chi connectivity index (χ1) is 4.87. The van der Waals surface area contributed by atoms with Gasteiger partial charge in [0.15, 0.2) is 0 Å². The largest absolute Gasteiger partial charge is 0.198 e. The number of hydrogen-bond donors (Lipinski definition) is 0. The molecule has 1 nitrogen and oxygen atoms in total. The Kier molecular flexibility index (Phi) is 3.81. The normalized spacial score (nSPS) is 16.1. The van der Waals surface area contributed by atoms with Crippen molar-refractivity contribution < 1.29 is 7.77 Å². The topological polar surface area (TPSA) is 23.8 Å². The maximum absolute atomic E-state index is 12.5. The Labute approximate surface area is 68.3 Å². The monoisotopic (exact) mass is 181 g/mol. The average Bonchev–Trinajstić information content (AvgIpc) is 1.80. The summed E-state index contributed by atoms with van der Waals surface area (Å²) in [6.07, 6.45) is 0.930. The minimum atomic E-state index is -3.50. The fourth-order valence-electron chi connectivity index (χ4n) is 0.694. The van der Waals surface area contributed by atoms with E-state index in [-0.39, 0.29) is 11.7 Å². The maximum atomic E-state index is 12.5. The molecular weight excluding hydrogens is 168 g/mol. The van der Waals surface area contributed by atoms with Crippen molar-refractivity contribution in [2.45, 2.75) is 13.8 Å². The predicted octanol–water partition coefficient (Wildman–Crippen LogP) is 2.99. The second-order valence-corrected chi connectivity index (χ2v) is 5.10. The summed E-state index contributed by atoms with van der Waals surface area (Å²) in [5.41, 5.74) is 0. The molecule has 0 saturated heterocycles. The molecule has 0 aliphatic carbocycles. The van der Waals surface area contributed by atoms with Gasteiger partial charge < -0.3 is 0 Å². The number of hydrogen-bond acceptors (Lipinski definition) is 1. The molecule has 0 spiro atoms. The van der Waals surface area contributed by atoms with Crippen LogP contribution in [0.15, 0.2) is 0 Å². The molecule has 0 fully saturated rings. The van der Waals surface area contributed by atoms with Gasteiger partial charge in [0.2, 0.25) is 0 Å². The van der Waals surface area contributed by atoms with E-state index in [1.807, 2.05) is 6.07 Å². The van der Waals surface area contributed by atoms with Crippen LogP contribution in [0.25, 0.3) is 0 Å². The minimum Gasteiger partial charge on any atom is -0.198 e. The van der Waals surface area contributed by atoms with E-state index in [2.05, 4.69) is 0 Å². The summed E-state index contributed by atoms with van der Waals surface area (Å²) in [5.74, 6) is -0.718. The fraction of sp³-hybridized carbons (Fsp3) is 0.857. The van der Waals surface area contributed by atoms with Gasteiger partial charge in [0.25, 0.3) is 0 Å². The zero-order valence-electron chi connectivity index (χ0n) is 6.97. The predicted molar refractivity (Wildman–Crippen MR) is 44.5 cm³/mol. The third-order valence-electron chi connectivity index (χ3n) is 1.44. The van der Waals surface area contributed by atoms with Crippen molar-refractivity contribution in [3.63, 3.8) is 0 Å². The zero-order valence-corrected chi connectivity index (χ0v) is 7.79. The lowest BCUT2D eigenvalue weighted by atomic mass is 10.0. The third-order valence-corrected chi connectivity index (χ3v) is 2.39. The number of rotatable bonds is 3. The zero-order chi connectivity index (χ0) is 9.07. The van der Waals surface area contributed by atoms with E-state index in [0.717, 1.165) is 6.26 Å². The molecule has 0 aliphatic heterocycles.